The highest BCUT2D eigenvalue weighted by molar-refractivity contribution is 5.76. The minimum atomic E-state index is -0.731. The zero-order valence-electron chi connectivity index (χ0n) is 17.5. The van der Waals surface area contributed by atoms with Crippen molar-refractivity contribution in [2.45, 2.75) is 19.1 Å². The summed E-state index contributed by atoms with van der Waals surface area (Å²) in [7, 11) is 0. The molecular weight excluding hydrogens is 427 g/mol. The molecule has 0 aliphatic carbocycles. The van der Waals surface area contributed by atoms with Crippen LogP contribution in [-0.4, -0.2) is 15.5 Å². The summed E-state index contributed by atoms with van der Waals surface area (Å²) in [5.74, 6) is -1.78. The molecule has 1 aromatic heterocycles. The van der Waals surface area contributed by atoms with Gasteiger partial charge in [-0.1, -0.05) is 30.3 Å². The highest BCUT2D eigenvalue weighted by atomic mass is 19.1. The van der Waals surface area contributed by atoms with Gasteiger partial charge in [-0.15, -0.1) is 0 Å². The van der Waals surface area contributed by atoms with Crippen LogP contribution in [0.25, 0.3) is 5.69 Å². The second-order valence-electron chi connectivity index (χ2n) is 7.95. The summed E-state index contributed by atoms with van der Waals surface area (Å²) in [4.78, 5) is 15.0. The van der Waals surface area contributed by atoms with E-state index in [9.17, 15) is 18.0 Å². The van der Waals surface area contributed by atoms with Gasteiger partial charge in [-0.05, 0) is 59.2 Å². The minimum Gasteiger partial charge on any atom is -0.334 e. The van der Waals surface area contributed by atoms with E-state index in [-0.39, 0.29) is 18.9 Å². The van der Waals surface area contributed by atoms with Crippen molar-refractivity contribution in [1.29, 1.82) is 0 Å². The second-order valence-corrected chi connectivity index (χ2v) is 7.95. The smallest absolute Gasteiger partial charge is 0.318 e. The van der Waals surface area contributed by atoms with Crippen LogP contribution in [0.4, 0.5) is 18.0 Å². The maximum absolute atomic E-state index is 14.2. The number of rotatable bonds is 3. The molecule has 0 fully saturated rings. The fourth-order valence-electron chi connectivity index (χ4n) is 4.30. The predicted octanol–water partition coefficient (Wildman–Crippen LogP) is 5.71. The Labute approximate surface area is 188 Å². The molecule has 33 heavy (non-hydrogen) atoms. The molecule has 1 unspecified atom stereocenters. The molecule has 1 N–H and O–H groups in total. The van der Waals surface area contributed by atoms with E-state index >= 15 is 0 Å². The first-order valence-corrected chi connectivity index (χ1v) is 10.5. The zero-order valence-corrected chi connectivity index (χ0v) is 17.5. The number of amides is 2. The van der Waals surface area contributed by atoms with Crippen molar-refractivity contribution in [2.75, 3.05) is 0 Å². The van der Waals surface area contributed by atoms with Crippen LogP contribution in [0, 0.1) is 17.5 Å². The Morgan fingerprint density at radius 2 is 1.61 bits per heavy atom. The third-order valence-electron chi connectivity index (χ3n) is 5.78. The summed E-state index contributed by atoms with van der Waals surface area (Å²) < 4.78 is 43.5. The molecule has 1 atom stereocenters. The third kappa shape index (κ3) is 4.09. The summed E-state index contributed by atoms with van der Waals surface area (Å²) in [5.41, 5.74) is 3.57. The second kappa shape index (κ2) is 8.50. The fraction of sp³-hybridized carbons (Fsp3) is 0.115. The normalized spacial score (nSPS) is 14.9. The molecule has 2 amide bonds. The first-order valence-electron chi connectivity index (χ1n) is 10.5. The lowest BCUT2D eigenvalue weighted by Gasteiger charge is -2.31. The zero-order chi connectivity index (χ0) is 22.9. The molecule has 1 aliphatic rings. The Kier molecular flexibility index (Phi) is 5.38. The Morgan fingerprint density at radius 3 is 2.36 bits per heavy atom. The molecule has 0 saturated heterocycles. The lowest BCUT2D eigenvalue weighted by Crippen LogP contribution is -2.41. The SMILES string of the molecule is O=C(NCc1ccc(F)cc1)N1Cc2ccccc2-n2cccc2C1c1cc(F)cc(F)c1. The monoisotopic (exact) mass is 447 g/mol. The van der Waals surface area contributed by atoms with Crippen LogP contribution in [0.2, 0.25) is 0 Å². The molecule has 1 aliphatic heterocycles. The van der Waals surface area contributed by atoms with Gasteiger partial charge in [0, 0.05) is 24.5 Å². The van der Waals surface area contributed by atoms with Crippen LogP contribution in [0.15, 0.2) is 85.1 Å². The maximum atomic E-state index is 14.2. The Bertz CT molecular complexity index is 1300. The molecular formula is C26H20F3N3O. The molecule has 3 aromatic carbocycles. The van der Waals surface area contributed by atoms with Gasteiger partial charge in [0.2, 0.25) is 0 Å². The van der Waals surface area contributed by atoms with Crippen molar-refractivity contribution in [3.63, 3.8) is 0 Å². The van der Waals surface area contributed by atoms with Gasteiger partial charge >= 0.3 is 6.03 Å². The van der Waals surface area contributed by atoms with E-state index < -0.39 is 23.7 Å². The highest BCUT2D eigenvalue weighted by Gasteiger charge is 2.33. The fourth-order valence-corrected chi connectivity index (χ4v) is 4.30. The average molecular weight is 447 g/mol. The lowest BCUT2D eigenvalue weighted by atomic mass is 10.0. The number of aromatic nitrogens is 1. The highest BCUT2D eigenvalue weighted by Crippen LogP contribution is 2.37. The van der Waals surface area contributed by atoms with E-state index in [1.54, 1.807) is 17.0 Å². The number of hydrogen-bond donors (Lipinski definition) is 1. The number of nitrogens with zero attached hydrogens (tertiary/aromatic N) is 2. The topological polar surface area (TPSA) is 37.3 Å². The first-order chi connectivity index (χ1) is 16.0. The molecule has 2 heterocycles. The van der Waals surface area contributed by atoms with Gasteiger partial charge in [-0.2, -0.15) is 0 Å². The molecule has 7 heteroatoms. The molecule has 166 valence electrons. The van der Waals surface area contributed by atoms with Crippen LogP contribution < -0.4 is 5.32 Å². The summed E-state index contributed by atoms with van der Waals surface area (Å²) >= 11 is 0. The summed E-state index contributed by atoms with van der Waals surface area (Å²) in [6.45, 7) is 0.415. The number of nitrogens with one attached hydrogen (secondary N) is 1. The van der Waals surface area contributed by atoms with E-state index in [1.807, 2.05) is 47.2 Å². The van der Waals surface area contributed by atoms with Crippen LogP contribution in [0.3, 0.4) is 0 Å². The quantitative estimate of drug-likeness (QED) is 0.429. The number of benzene rings is 3. The Hall–Kier alpha value is -4.00. The molecule has 4 nitrogen and oxygen atoms in total. The van der Waals surface area contributed by atoms with Crippen molar-refractivity contribution in [2.24, 2.45) is 0 Å². The van der Waals surface area contributed by atoms with Crippen molar-refractivity contribution in [3.8, 4) is 5.69 Å². The number of fused-ring (bicyclic) bond motifs is 3. The van der Waals surface area contributed by atoms with Gasteiger partial charge in [0.25, 0.3) is 0 Å². The number of hydrogen-bond acceptors (Lipinski definition) is 1. The minimum absolute atomic E-state index is 0.183. The largest absolute Gasteiger partial charge is 0.334 e. The molecule has 0 bridgehead atoms. The number of carbonyl (C=O) groups excluding carboxylic acids is 1. The van der Waals surface area contributed by atoms with Gasteiger partial charge in [0.05, 0.1) is 18.3 Å². The van der Waals surface area contributed by atoms with Gasteiger partial charge in [0.1, 0.15) is 17.5 Å². The van der Waals surface area contributed by atoms with Gasteiger partial charge in [0.15, 0.2) is 0 Å². The van der Waals surface area contributed by atoms with E-state index in [1.165, 1.54) is 24.3 Å². The van der Waals surface area contributed by atoms with Crippen LogP contribution in [-0.2, 0) is 13.1 Å². The van der Waals surface area contributed by atoms with E-state index in [2.05, 4.69) is 5.32 Å². The molecule has 0 spiro atoms. The number of carbonyl (C=O) groups is 1. The number of halogens is 3. The first kappa shape index (κ1) is 20.9. The Morgan fingerprint density at radius 1 is 0.879 bits per heavy atom. The summed E-state index contributed by atoms with van der Waals surface area (Å²) in [5, 5.41) is 2.87. The lowest BCUT2D eigenvalue weighted by molar-refractivity contribution is 0.180. The Balaban J connectivity index is 1.57. The van der Waals surface area contributed by atoms with E-state index in [4.69, 9.17) is 0 Å². The molecule has 4 aromatic rings. The van der Waals surface area contributed by atoms with Crippen LogP contribution in [0.5, 0.6) is 0 Å². The predicted molar refractivity (Wildman–Crippen MR) is 118 cm³/mol. The van der Waals surface area contributed by atoms with Crippen molar-refractivity contribution < 1.29 is 18.0 Å². The standard InChI is InChI=1S/C26H20F3N3O/c27-20-9-7-17(8-10-20)15-30-26(33)32-16-18-4-1-2-5-23(18)31-11-3-6-24(31)25(32)19-12-21(28)14-22(29)13-19/h1-14,25H,15-16H2,(H,30,33). The maximum Gasteiger partial charge on any atom is 0.318 e. The number of urea groups is 1. The van der Waals surface area contributed by atoms with Crippen molar-refractivity contribution in [1.82, 2.24) is 14.8 Å². The molecule has 0 radical (unpaired) electrons. The van der Waals surface area contributed by atoms with E-state index in [0.29, 0.717) is 11.3 Å². The van der Waals surface area contributed by atoms with Crippen LogP contribution >= 0.6 is 0 Å². The molecule has 0 saturated carbocycles. The van der Waals surface area contributed by atoms with Gasteiger partial charge in [-0.3, -0.25) is 0 Å². The van der Waals surface area contributed by atoms with Crippen molar-refractivity contribution in [3.05, 3.63) is 125 Å². The summed E-state index contributed by atoms with van der Waals surface area (Å²) in [6.07, 6.45) is 1.87. The summed E-state index contributed by atoms with van der Waals surface area (Å²) in [6, 6.07) is 19.4. The number of para-hydroxylation sites is 1. The van der Waals surface area contributed by atoms with Gasteiger partial charge < -0.3 is 14.8 Å². The third-order valence-corrected chi connectivity index (χ3v) is 5.78. The van der Waals surface area contributed by atoms with E-state index in [0.717, 1.165) is 22.9 Å². The van der Waals surface area contributed by atoms with Crippen LogP contribution in [0.1, 0.15) is 28.4 Å². The molecule has 5 rings (SSSR count). The van der Waals surface area contributed by atoms with Gasteiger partial charge in [-0.25, -0.2) is 18.0 Å². The average Bonchev–Trinajstić information content (AvgIpc) is 3.22. The van der Waals surface area contributed by atoms with Crippen molar-refractivity contribution >= 4 is 6.03 Å².